The summed E-state index contributed by atoms with van der Waals surface area (Å²) in [4.78, 5) is 48.3. The molecule has 4 N–H and O–H groups in total. The molecule has 0 saturated heterocycles. The van der Waals surface area contributed by atoms with Gasteiger partial charge in [-0.05, 0) is 26.3 Å². The second-order valence-electron chi connectivity index (χ2n) is 7.10. The average molecular weight is 443 g/mol. The first-order valence-electron chi connectivity index (χ1n) is 9.55. The van der Waals surface area contributed by atoms with E-state index >= 15 is 0 Å². The molecule has 0 radical (unpaired) electrons. The van der Waals surface area contributed by atoms with Gasteiger partial charge in [0.2, 0.25) is 0 Å². The maximum atomic E-state index is 11.2. The molecule has 0 aliphatic heterocycles. The molecule has 0 amide bonds. The third kappa shape index (κ3) is 18.8. The quantitative estimate of drug-likeness (QED) is 0.115. The molecule has 0 heterocycles. The molecule has 0 aromatic carbocycles. The van der Waals surface area contributed by atoms with Crippen LogP contribution in [-0.4, -0.2) is 56.2 Å². The Balaban J connectivity index is 3.68. The lowest BCUT2D eigenvalue weighted by Gasteiger charge is -2.22. The van der Waals surface area contributed by atoms with E-state index < -0.39 is 27.8 Å². The zero-order valence-electron chi connectivity index (χ0n) is 16.7. The van der Waals surface area contributed by atoms with Crippen LogP contribution in [0.2, 0.25) is 0 Å². The molecule has 0 aliphatic carbocycles. The van der Waals surface area contributed by atoms with Crippen LogP contribution in [-0.2, 0) is 18.7 Å². The van der Waals surface area contributed by atoms with Crippen molar-refractivity contribution in [1.82, 2.24) is 4.90 Å². The van der Waals surface area contributed by atoms with Crippen LogP contribution in [0, 0.1) is 0 Å². The van der Waals surface area contributed by atoms with Crippen molar-refractivity contribution in [3.8, 4) is 0 Å². The van der Waals surface area contributed by atoms with Crippen LogP contribution >= 0.6 is 15.2 Å². The topological polar surface area (TPSA) is 145 Å². The number of nitrogens with zero attached hydrogens (tertiary/aromatic N) is 1. The first-order valence-corrected chi connectivity index (χ1v) is 13.1. The van der Waals surface area contributed by atoms with Crippen LogP contribution in [0.5, 0.6) is 0 Å². The summed E-state index contributed by atoms with van der Waals surface area (Å²) in [6.45, 7) is 5.81. The van der Waals surface area contributed by atoms with Gasteiger partial charge in [0.25, 0.3) is 0 Å². The van der Waals surface area contributed by atoms with Gasteiger partial charge in [-0.2, -0.15) is 0 Å². The highest BCUT2D eigenvalue weighted by molar-refractivity contribution is 7.52. The molecule has 0 saturated carbocycles. The molecule has 9 nitrogen and oxygen atoms in total. The van der Waals surface area contributed by atoms with E-state index in [4.69, 9.17) is 24.3 Å². The van der Waals surface area contributed by atoms with E-state index in [-0.39, 0.29) is 12.5 Å². The zero-order valence-corrected chi connectivity index (χ0v) is 18.5. The third-order valence-electron chi connectivity index (χ3n) is 3.97. The van der Waals surface area contributed by atoms with Crippen LogP contribution < -0.4 is 0 Å². The van der Waals surface area contributed by atoms with Gasteiger partial charge in [0.15, 0.2) is 0 Å². The van der Waals surface area contributed by atoms with E-state index in [1.54, 1.807) is 6.92 Å². The Kier molecular flexibility index (Phi) is 14.2. The van der Waals surface area contributed by atoms with Crippen LogP contribution in [0.1, 0.15) is 64.7 Å². The van der Waals surface area contributed by atoms with Crippen LogP contribution in [0.25, 0.3) is 0 Å². The predicted octanol–water partition coefficient (Wildman–Crippen LogP) is 3.19. The van der Waals surface area contributed by atoms with Crippen molar-refractivity contribution in [2.75, 3.05) is 25.7 Å². The van der Waals surface area contributed by atoms with Crippen LogP contribution in [0.15, 0.2) is 12.2 Å². The molecule has 0 aromatic heterocycles. The van der Waals surface area contributed by atoms with Gasteiger partial charge in [-0.1, -0.05) is 51.5 Å². The fourth-order valence-corrected chi connectivity index (χ4v) is 4.35. The summed E-state index contributed by atoms with van der Waals surface area (Å²) in [6, 6.07) is 0. The van der Waals surface area contributed by atoms with Crippen molar-refractivity contribution in [3.63, 3.8) is 0 Å². The largest absolute Gasteiger partial charge is 0.462 e. The first-order chi connectivity index (χ1) is 12.9. The molecule has 0 aromatic rings. The average Bonchev–Trinajstić information content (AvgIpc) is 2.52. The lowest BCUT2D eigenvalue weighted by atomic mass is 10.1. The number of hydrogen-bond acceptors (Lipinski definition) is 5. The summed E-state index contributed by atoms with van der Waals surface area (Å²) in [7, 11) is -8.70. The number of unbranched alkanes of at least 4 members (excludes halogenated alkanes) is 8. The molecule has 0 fully saturated rings. The Labute approximate surface area is 167 Å². The summed E-state index contributed by atoms with van der Waals surface area (Å²) in [5.74, 6) is -0.347. The molecule has 0 aliphatic rings. The van der Waals surface area contributed by atoms with E-state index in [1.165, 1.54) is 0 Å². The summed E-state index contributed by atoms with van der Waals surface area (Å²) in [6.07, 6.45) is 7.30. The molecule has 28 heavy (non-hydrogen) atoms. The third-order valence-corrected chi connectivity index (χ3v) is 5.51. The molecule has 0 atom stereocenters. The predicted molar refractivity (Wildman–Crippen MR) is 108 cm³/mol. The maximum absolute atomic E-state index is 11.2. The van der Waals surface area contributed by atoms with Crippen molar-refractivity contribution < 1.29 is 38.2 Å². The Morgan fingerprint density at radius 3 is 1.61 bits per heavy atom. The van der Waals surface area contributed by atoms with Crippen molar-refractivity contribution in [2.24, 2.45) is 0 Å². The Morgan fingerprint density at radius 2 is 1.21 bits per heavy atom. The fourth-order valence-electron chi connectivity index (χ4n) is 2.67. The summed E-state index contributed by atoms with van der Waals surface area (Å²) >= 11 is 0. The molecule has 0 bridgehead atoms. The van der Waals surface area contributed by atoms with Crippen molar-refractivity contribution >= 4 is 21.2 Å². The number of hydrogen-bond donors (Lipinski definition) is 4. The molecular weight excluding hydrogens is 408 g/mol. The molecule has 11 heteroatoms. The summed E-state index contributed by atoms with van der Waals surface area (Å²) < 4.78 is 27.1. The van der Waals surface area contributed by atoms with E-state index in [0.717, 1.165) is 56.3 Å². The van der Waals surface area contributed by atoms with Gasteiger partial charge in [-0.3, -0.25) is 14.0 Å². The normalized spacial score (nSPS) is 12.4. The molecular formula is C17H35NO8P2. The fraction of sp³-hybridized carbons (Fsp3) is 0.824. The van der Waals surface area contributed by atoms with Gasteiger partial charge in [0.05, 0.1) is 6.61 Å². The Hall–Kier alpha value is -0.530. The Morgan fingerprint density at radius 1 is 0.821 bits per heavy atom. The van der Waals surface area contributed by atoms with Gasteiger partial charge in [-0.25, -0.2) is 4.79 Å². The highest BCUT2D eigenvalue weighted by Gasteiger charge is 2.25. The number of esters is 1. The van der Waals surface area contributed by atoms with E-state index in [0.29, 0.717) is 18.6 Å². The second kappa shape index (κ2) is 14.5. The minimum absolute atomic E-state index is 0.249. The Bertz CT molecular complexity index is 533. The summed E-state index contributed by atoms with van der Waals surface area (Å²) in [5, 5.41) is 0. The van der Waals surface area contributed by atoms with Gasteiger partial charge in [0.1, 0.15) is 12.6 Å². The van der Waals surface area contributed by atoms with Crippen molar-refractivity contribution in [1.29, 1.82) is 0 Å². The minimum Gasteiger partial charge on any atom is -0.462 e. The van der Waals surface area contributed by atoms with Crippen LogP contribution in [0.3, 0.4) is 0 Å². The number of carbonyl (C=O) groups excluding carboxylic acids is 1. The first kappa shape index (κ1) is 27.5. The molecule has 0 spiro atoms. The molecule has 166 valence electrons. The monoisotopic (exact) mass is 443 g/mol. The lowest BCUT2D eigenvalue weighted by Crippen LogP contribution is -2.27. The summed E-state index contributed by atoms with van der Waals surface area (Å²) in [5.41, 5.74) is 0.409. The highest BCUT2D eigenvalue weighted by Crippen LogP contribution is 2.40. The zero-order chi connectivity index (χ0) is 21.6. The number of rotatable bonds is 17. The minimum atomic E-state index is -4.35. The highest BCUT2D eigenvalue weighted by atomic mass is 31.2. The van der Waals surface area contributed by atoms with Gasteiger partial charge in [-0.15, -0.1) is 0 Å². The van der Waals surface area contributed by atoms with Crippen LogP contribution in [0.4, 0.5) is 0 Å². The molecule has 0 unspecified atom stereocenters. The SMILES string of the molecule is C=C(C)C(=O)OCCCCCCCCCCCN(CP(=O)(O)O)CP(=O)(O)O. The van der Waals surface area contributed by atoms with Crippen molar-refractivity contribution in [2.45, 2.75) is 64.7 Å². The second-order valence-corrected chi connectivity index (χ2v) is 10.3. The standard InChI is InChI=1S/C17H35NO8P2/c1-16(2)17(19)26-13-11-9-7-5-3-4-6-8-10-12-18(14-27(20,21)22)15-28(23,24)25/h1,3-15H2,2H3,(H2,20,21,22)(H2,23,24,25). The maximum Gasteiger partial charge on any atom is 0.339 e. The van der Waals surface area contributed by atoms with E-state index in [9.17, 15) is 13.9 Å². The molecule has 0 rings (SSSR count). The van der Waals surface area contributed by atoms with Gasteiger partial charge < -0.3 is 24.3 Å². The van der Waals surface area contributed by atoms with Gasteiger partial charge >= 0.3 is 21.2 Å². The number of carbonyl (C=O) groups is 1. The van der Waals surface area contributed by atoms with E-state index in [1.807, 2.05) is 0 Å². The van der Waals surface area contributed by atoms with Crippen molar-refractivity contribution in [3.05, 3.63) is 12.2 Å². The van der Waals surface area contributed by atoms with E-state index in [2.05, 4.69) is 6.58 Å². The number of ether oxygens (including phenoxy) is 1. The lowest BCUT2D eigenvalue weighted by molar-refractivity contribution is -0.139. The smallest absolute Gasteiger partial charge is 0.339 e. The van der Waals surface area contributed by atoms with Gasteiger partial charge in [0, 0.05) is 5.57 Å².